The van der Waals surface area contributed by atoms with Crippen molar-refractivity contribution in [2.24, 2.45) is 11.8 Å². The number of ether oxygens (including phenoxy) is 2. The maximum Gasteiger partial charge on any atom is 0.230 e. The first-order valence-electron chi connectivity index (χ1n) is 10.1. The minimum Gasteiger partial charge on any atom is -0.379 e. The molecule has 5 rings (SSSR count). The predicted molar refractivity (Wildman–Crippen MR) is 98.0 cm³/mol. The molecule has 4 fully saturated rings. The van der Waals surface area contributed by atoms with Gasteiger partial charge in [0.05, 0.1) is 37.7 Å². The summed E-state index contributed by atoms with van der Waals surface area (Å²) in [5.74, 6) is -0.593. The van der Waals surface area contributed by atoms with Gasteiger partial charge in [-0.05, 0) is 20.8 Å². The molecule has 27 heavy (non-hydrogen) atoms. The Morgan fingerprint density at radius 3 is 2.59 bits per heavy atom. The molecular weight excluding hydrogens is 346 g/mol. The second-order valence-electron chi connectivity index (χ2n) is 9.54. The van der Waals surface area contributed by atoms with Gasteiger partial charge in [0.25, 0.3) is 0 Å². The van der Waals surface area contributed by atoms with Crippen LogP contribution in [-0.2, 0) is 19.1 Å². The highest BCUT2D eigenvalue weighted by Gasteiger charge is 2.68. The van der Waals surface area contributed by atoms with E-state index in [4.69, 9.17) is 9.47 Å². The highest BCUT2D eigenvalue weighted by Crippen LogP contribution is 2.53. The monoisotopic (exact) mass is 375 g/mol. The fraction of sp³-hybridized carbons (Fsp3) is 0.800. The standard InChI is InChI=1S/C20H29N3O4/c1-19(2,3)23-12-20-5-4-14(27-20)15(16(20)18(23)25)17(24)22-10-13(11-22)21-6-8-26-9-7-21/h4-5,13-16H,6-12H2,1-3H3/t14-,15?,16?,20-/m1/s1. The molecule has 5 heterocycles. The van der Waals surface area contributed by atoms with Gasteiger partial charge in [0.1, 0.15) is 5.60 Å². The van der Waals surface area contributed by atoms with Crippen molar-refractivity contribution in [2.45, 2.75) is 44.1 Å². The average molecular weight is 375 g/mol. The summed E-state index contributed by atoms with van der Waals surface area (Å²) in [7, 11) is 0. The summed E-state index contributed by atoms with van der Waals surface area (Å²) in [5, 5.41) is 0. The van der Waals surface area contributed by atoms with Crippen LogP contribution in [0, 0.1) is 11.8 Å². The van der Waals surface area contributed by atoms with Gasteiger partial charge in [-0.25, -0.2) is 0 Å². The lowest BCUT2D eigenvalue weighted by Crippen LogP contribution is -2.64. The van der Waals surface area contributed by atoms with Gasteiger partial charge in [-0.15, -0.1) is 0 Å². The molecule has 0 radical (unpaired) electrons. The molecule has 5 aliphatic rings. The summed E-state index contributed by atoms with van der Waals surface area (Å²) in [6.45, 7) is 11.6. The van der Waals surface area contributed by atoms with E-state index in [0.717, 1.165) is 39.4 Å². The van der Waals surface area contributed by atoms with E-state index < -0.39 is 5.60 Å². The average Bonchev–Trinajstić information content (AvgIpc) is 3.22. The number of carbonyl (C=O) groups excluding carboxylic acids is 2. The summed E-state index contributed by atoms with van der Waals surface area (Å²) < 4.78 is 11.6. The van der Waals surface area contributed by atoms with Gasteiger partial charge in [-0.3, -0.25) is 14.5 Å². The second-order valence-corrected chi connectivity index (χ2v) is 9.54. The smallest absolute Gasteiger partial charge is 0.230 e. The number of likely N-dealkylation sites (tertiary alicyclic amines) is 2. The molecule has 2 unspecified atom stereocenters. The Kier molecular flexibility index (Phi) is 3.78. The molecule has 2 amide bonds. The number of nitrogens with zero attached hydrogens (tertiary/aromatic N) is 3. The number of rotatable bonds is 2. The fourth-order valence-electron chi connectivity index (χ4n) is 5.37. The van der Waals surface area contributed by atoms with Gasteiger partial charge < -0.3 is 19.3 Å². The van der Waals surface area contributed by atoms with Gasteiger partial charge in [0, 0.05) is 37.8 Å². The lowest BCUT2D eigenvalue weighted by atomic mass is 9.76. The van der Waals surface area contributed by atoms with Crippen molar-refractivity contribution in [2.75, 3.05) is 45.9 Å². The third-order valence-electron chi connectivity index (χ3n) is 6.93. The third kappa shape index (κ3) is 2.51. The van der Waals surface area contributed by atoms with Gasteiger partial charge in [0.2, 0.25) is 11.8 Å². The molecule has 0 aromatic carbocycles. The fourth-order valence-corrected chi connectivity index (χ4v) is 5.37. The van der Waals surface area contributed by atoms with E-state index >= 15 is 0 Å². The topological polar surface area (TPSA) is 62.3 Å². The molecule has 0 N–H and O–H groups in total. The van der Waals surface area contributed by atoms with Crippen LogP contribution < -0.4 is 0 Å². The minimum absolute atomic E-state index is 0.0675. The van der Waals surface area contributed by atoms with E-state index in [0.29, 0.717) is 12.6 Å². The van der Waals surface area contributed by atoms with Crippen LogP contribution in [-0.4, -0.2) is 95.7 Å². The first-order valence-corrected chi connectivity index (χ1v) is 10.1. The summed E-state index contributed by atoms with van der Waals surface area (Å²) in [5.41, 5.74) is -0.874. The molecule has 7 nitrogen and oxygen atoms in total. The Labute approximate surface area is 160 Å². The zero-order chi connectivity index (χ0) is 19.0. The van der Waals surface area contributed by atoms with Crippen LogP contribution in [0.4, 0.5) is 0 Å². The normalized spacial score (nSPS) is 39.2. The van der Waals surface area contributed by atoms with Crippen LogP contribution in [0.15, 0.2) is 12.2 Å². The van der Waals surface area contributed by atoms with Crippen molar-refractivity contribution >= 4 is 11.8 Å². The van der Waals surface area contributed by atoms with Crippen LogP contribution >= 0.6 is 0 Å². The third-order valence-corrected chi connectivity index (χ3v) is 6.93. The van der Waals surface area contributed by atoms with Gasteiger partial charge >= 0.3 is 0 Å². The van der Waals surface area contributed by atoms with Crippen molar-refractivity contribution in [1.82, 2.24) is 14.7 Å². The van der Waals surface area contributed by atoms with Gasteiger partial charge in [-0.1, -0.05) is 12.2 Å². The Hall–Kier alpha value is -1.44. The molecule has 2 bridgehead atoms. The summed E-state index contributed by atoms with van der Waals surface area (Å²) in [4.78, 5) is 32.7. The SMILES string of the molecule is CC(C)(C)N1C[C@@]23C=C[C@@H](O2)C(C(=O)N2CC(N4CCOCC4)C2)C3C1=O. The lowest BCUT2D eigenvalue weighted by Gasteiger charge is -2.47. The minimum atomic E-state index is -0.607. The number of fused-ring (bicyclic) bond motifs is 1. The van der Waals surface area contributed by atoms with Crippen LogP contribution in [0.2, 0.25) is 0 Å². The Morgan fingerprint density at radius 1 is 1.22 bits per heavy atom. The molecule has 5 aliphatic heterocycles. The van der Waals surface area contributed by atoms with E-state index in [9.17, 15) is 9.59 Å². The van der Waals surface area contributed by atoms with Crippen LogP contribution in [0.5, 0.6) is 0 Å². The van der Waals surface area contributed by atoms with Crippen LogP contribution in [0.1, 0.15) is 20.8 Å². The number of hydrogen-bond donors (Lipinski definition) is 0. The molecule has 0 aliphatic carbocycles. The summed E-state index contributed by atoms with van der Waals surface area (Å²) in [6.07, 6.45) is 3.77. The summed E-state index contributed by atoms with van der Waals surface area (Å²) >= 11 is 0. The highest BCUT2D eigenvalue weighted by atomic mass is 16.5. The van der Waals surface area contributed by atoms with Crippen molar-refractivity contribution in [3.8, 4) is 0 Å². The van der Waals surface area contributed by atoms with Crippen molar-refractivity contribution in [3.05, 3.63) is 12.2 Å². The molecule has 0 aromatic rings. The number of amides is 2. The zero-order valence-corrected chi connectivity index (χ0v) is 16.4. The molecule has 4 atom stereocenters. The molecular formula is C20H29N3O4. The predicted octanol–water partition coefficient (Wildman–Crippen LogP) is 0.110. The Morgan fingerprint density at radius 2 is 1.93 bits per heavy atom. The molecule has 4 saturated heterocycles. The van der Waals surface area contributed by atoms with Crippen LogP contribution in [0.25, 0.3) is 0 Å². The molecule has 148 valence electrons. The van der Waals surface area contributed by atoms with E-state index in [1.54, 1.807) is 0 Å². The molecule has 7 heteroatoms. The number of morpholine rings is 1. The quantitative estimate of drug-likeness (QED) is 0.641. The number of carbonyl (C=O) groups is 2. The second kappa shape index (κ2) is 5.78. The molecule has 1 spiro atoms. The Bertz CT molecular complexity index is 690. The largest absolute Gasteiger partial charge is 0.379 e. The van der Waals surface area contributed by atoms with E-state index in [2.05, 4.69) is 4.90 Å². The summed E-state index contributed by atoms with van der Waals surface area (Å²) in [6, 6.07) is 0.423. The first-order chi connectivity index (χ1) is 12.8. The van der Waals surface area contributed by atoms with E-state index in [-0.39, 0.29) is 35.3 Å². The molecule has 0 saturated carbocycles. The van der Waals surface area contributed by atoms with E-state index in [1.165, 1.54) is 0 Å². The van der Waals surface area contributed by atoms with E-state index in [1.807, 2.05) is 42.7 Å². The van der Waals surface area contributed by atoms with Gasteiger partial charge in [0.15, 0.2) is 0 Å². The van der Waals surface area contributed by atoms with Crippen molar-refractivity contribution in [3.63, 3.8) is 0 Å². The van der Waals surface area contributed by atoms with Crippen LogP contribution in [0.3, 0.4) is 0 Å². The first kappa shape index (κ1) is 17.6. The van der Waals surface area contributed by atoms with Crippen molar-refractivity contribution < 1.29 is 19.1 Å². The van der Waals surface area contributed by atoms with Gasteiger partial charge in [-0.2, -0.15) is 0 Å². The lowest BCUT2D eigenvalue weighted by molar-refractivity contribution is -0.151. The maximum absolute atomic E-state index is 13.3. The molecule has 0 aromatic heterocycles. The highest BCUT2D eigenvalue weighted by molar-refractivity contribution is 5.93. The number of hydrogen-bond acceptors (Lipinski definition) is 5. The maximum atomic E-state index is 13.3. The zero-order valence-electron chi connectivity index (χ0n) is 16.4. The Balaban J connectivity index is 1.31. The van der Waals surface area contributed by atoms with Crippen molar-refractivity contribution in [1.29, 1.82) is 0 Å².